The van der Waals surface area contributed by atoms with Crippen LogP contribution in [0.4, 0.5) is 0 Å². The summed E-state index contributed by atoms with van der Waals surface area (Å²) in [5.41, 5.74) is 6.95. The first-order chi connectivity index (χ1) is 12.3. The van der Waals surface area contributed by atoms with Crippen molar-refractivity contribution < 1.29 is 4.74 Å². The van der Waals surface area contributed by atoms with Gasteiger partial charge in [-0.3, -0.25) is 0 Å². The summed E-state index contributed by atoms with van der Waals surface area (Å²) in [5, 5.41) is 0. The van der Waals surface area contributed by atoms with Crippen molar-refractivity contribution in [3.05, 3.63) is 91.0 Å². The average Bonchev–Trinajstić information content (AvgIpc) is 3.15. The maximum atomic E-state index is 5.28. The van der Waals surface area contributed by atoms with Crippen LogP contribution in [0, 0.1) is 0 Å². The van der Waals surface area contributed by atoms with Gasteiger partial charge < -0.3 is 9.72 Å². The predicted octanol–water partition coefficient (Wildman–Crippen LogP) is 6.02. The monoisotopic (exact) mass is 325 g/mol. The molecule has 1 N–H and O–H groups in total. The number of hydrogen-bond donors (Lipinski definition) is 1. The summed E-state index contributed by atoms with van der Waals surface area (Å²) >= 11 is 0. The SMILES string of the molecule is COc1ccc(-c2[nH]c(-c3ccccc3)cc2-c2ccccc2)cc1. The molecule has 25 heavy (non-hydrogen) atoms. The number of aromatic amines is 1. The second kappa shape index (κ2) is 6.70. The third kappa shape index (κ3) is 3.07. The van der Waals surface area contributed by atoms with Crippen molar-refractivity contribution in [1.29, 1.82) is 0 Å². The van der Waals surface area contributed by atoms with Crippen molar-refractivity contribution in [2.45, 2.75) is 0 Å². The first-order valence-corrected chi connectivity index (χ1v) is 8.33. The molecule has 122 valence electrons. The minimum Gasteiger partial charge on any atom is -0.497 e. The predicted molar refractivity (Wildman–Crippen MR) is 104 cm³/mol. The molecule has 0 saturated carbocycles. The number of benzene rings is 3. The highest BCUT2D eigenvalue weighted by molar-refractivity contribution is 5.86. The molecule has 0 radical (unpaired) electrons. The smallest absolute Gasteiger partial charge is 0.118 e. The van der Waals surface area contributed by atoms with E-state index in [1.54, 1.807) is 7.11 Å². The van der Waals surface area contributed by atoms with Crippen LogP contribution in [0.1, 0.15) is 0 Å². The third-order valence-electron chi connectivity index (χ3n) is 4.37. The maximum Gasteiger partial charge on any atom is 0.118 e. The average molecular weight is 325 g/mol. The van der Waals surface area contributed by atoms with Gasteiger partial charge in [0.1, 0.15) is 5.75 Å². The summed E-state index contributed by atoms with van der Waals surface area (Å²) in [7, 11) is 1.69. The highest BCUT2D eigenvalue weighted by atomic mass is 16.5. The lowest BCUT2D eigenvalue weighted by Crippen LogP contribution is -1.85. The molecule has 0 amide bonds. The molecule has 0 aliphatic heterocycles. The van der Waals surface area contributed by atoms with Gasteiger partial charge in [0.25, 0.3) is 0 Å². The van der Waals surface area contributed by atoms with Crippen LogP contribution in [0.25, 0.3) is 33.6 Å². The van der Waals surface area contributed by atoms with Gasteiger partial charge in [0, 0.05) is 11.3 Å². The van der Waals surface area contributed by atoms with Crippen LogP contribution >= 0.6 is 0 Å². The number of rotatable bonds is 4. The lowest BCUT2D eigenvalue weighted by molar-refractivity contribution is 0.415. The van der Waals surface area contributed by atoms with E-state index in [0.29, 0.717) is 0 Å². The number of methoxy groups -OCH3 is 1. The van der Waals surface area contributed by atoms with Crippen LogP contribution in [-0.4, -0.2) is 12.1 Å². The van der Waals surface area contributed by atoms with E-state index in [0.717, 1.165) is 22.7 Å². The Morgan fingerprint density at radius 3 is 1.84 bits per heavy atom. The van der Waals surface area contributed by atoms with Crippen molar-refractivity contribution in [3.63, 3.8) is 0 Å². The molecule has 2 heteroatoms. The van der Waals surface area contributed by atoms with E-state index in [4.69, 9.17) is 4.74 Å². The fourth-order valence-electron chi connectivity index (χ4n) is 3.06. The molecule has 0 aliphatic carbocycles. The summed E-state index contributed by atoms with van der Waals surface area (Å²) in [6.07, 6.45) is 0. The summed E-state index contributed by atoms with van der Waals surface area (Å²) in [4.78, 5) is 3.61. The Hall–Kier alpha value is -3.26. The highest BCUT2D eigenvalue weighted by Crippen LogP contribution is 2.36. The fourth-order valence-corrected chi connectivity index (χ4v) is 3.06. The Labute approximate surface area is 147 Å². The third-order valence-corrected chi connectivity index (χ3v) is 4.37. The molecule has 2 nitrogen and oxygen atoms in total. The number of aromatic nitrogens is 1. The zero-order valence-electron chi connectivity index (χ0n) is 14.1. The standard InChI is InChI=1S/C23H19NO/c1-25-20-14-12-19(13-15-20)23-21(17-8-4-2-5-9-17)16-22(24-23)18-10-6-3-7-11-18/h2-16,24H,1H3. The second-order valence-corrected chi connectivity index (χ2v) is 5.93. The quantitative estimate of drug-likeness (QED) is 0.487. The van der Waals surface area contributed by atoms with Crippen LogP contribution in [0.2, 0.25) is 0 Å². The molecule has 3 aromatic carbocycles. The van der Waals surface area contributed by atoms with Gasteiger partial charge in [0.2, 0.25) is 0 Å². The molecule has 1 aromatic heterocycles. The Morgan fingerprint density at radius 2 is 1.24 bits per heavy atom. The maximum absolute atomic E-state index is 5.28. The second-order valence-electron chi connectivity index (χ2n) is 5.93. The van der Waals surface area contributed by atoms with Gasteiger partial charge in [-0.05, 0) is 47.0 Å². The van der Waals surface area contributed by atoms with E-state index < -0.39 is 0 Å². The minimum absolute atomic E-state index is 0.861. The summed E-state index contributed by atoms with van der Waals surface area (Å²) in [6.45, 7) is 0. The van der Waals surface area contributed by atoms with Crippen molar-refractivity contribution in [2.75, 3.05) is 7.11 Å². The van der Waals surface area contributed by atoms with Gasteiger partial charge in [-0.2, -0.15) is 0 Å². The van der Waals surface area contributed by atoms with E-state index >= 15 is 0 Å². The highest BCUT2D eigenvalue weighted by Gasteiger charge is 2.13. The first kappa shape index (κ1) is 15.3. The molecular formula is C23H19NO. The van der Waals surface area contributed by atoms with E-state index in [9.17, 15) is 0 Å². The number of ether oxygens (including phenoxy) is 1. The summed E-state index contributed by atoms with van der Waals surface area (Å²) in [5.74, 6) is 0.861. The molecule has 0 unspecified atom stereocenters. The Kier molecular flexibility index (Phi) is 4.09. The van der Waals surface area contributed by atoms with Crippen LogP contribution in [0.3, 0.4) is 0 Å². The molecular weight excluding hydrogens is 306 g/mol. The molecule has 4 rings (SSSR count). The molecule has 1 heterocycles. The summed E-state index contributed by atoms with van der Waals surface area (Å²) < 4.78 is 5.28. The topological polar surface area (TPSA) is 25.0 Å². The molecule has 0 spiro atoms. The van der Waals surface area contributed by atoms with Gasteiger partial charge in [-0.25, -0.2) is 0 Å². The van der Waals surface area contributed by atoms with E-state index in [-0.39, 0.29) is 0 Å². The zero-order chi connectivity index (χ0) is 17.1. The largest absolute Gasteiger partial charge is 0.497 e. The Bertz CT molecular complexity index is 954. The number of hydrogen-bond acceptors (Lipinski definition) is 1. The van der Waals surface area contributed by atoms with E-state index in [1.807, 2.05) is 24.3 Å². The van der Waals surface area contributed by atoms with Crippen molar-refractivity contribution in [2.24, 2.45) is 0 Å². The normalized spacial score (nSPS) is 10.6. The van der Waals surface area contributed by atoms with Crippen molar-refractivity contribution in [1.82, 2.24) is 4.98 Å². The zero-order valence-corrected chi connectivity index (χ0v) is 14.1. The number of H-pyrrole nitrogens is 1. The molecule has 0 bridgehead atoms. The van der Waals surface area contributed by atoms with Crippen LogP contribution in [-0.2, 0) is 0 Å². The van der Waals surface area contributed by atoms with E-state index in [2.05, 4.69) is 71.7 Å². The van der Waals surface area contributed by atoms with Crippen molar-refractivity contribution in [3.8, 4) is 39.4 Å². The van der Waals surface area contributed by atoms with Crippen LogP contribution < -0.4 is 4.74 Å². The lowest BCUT2D eigenvalue weighted by Gasteiger charge is -2.06. The molecule has 0 atom stereocenters. The number of nitrogens with one attached hydrogen (secondary N) is 1. The van der Waals surface area contributed by atoms with Gasteiger partial charge in [-0.1, -0.05) is 60.7 Å². The summed E-state index contributed by atoms with van der Waals surface area (Å²) in [6, 6.07) is 31.3. The van der Waals surface area contributed by atoms with Gasteiger partial charge >= 0.3 is 0 Å². The van der Waals surface area contributed by atoms with Crippen LogP contribution in [0.15, 0.2) is 91.0 Å². The van der Waals surface area contributed by atoms with Crippen LogP contribution in [0.5, 0.6) is 5.75 Å². The molecule has 4 aromatic rings. The van der Waals surface area contributed by atoms with Gasteiger partial charge in [0.05, 0.1) is 12.8 Å². The lowest BCUT2D eigenvalue weighted by atomic mass is 10.0. The fraction of sp³-hybridized carbons (Fsp3) is 0.0435. The Balaban J connectivity index is 1.87. The Morgan fingerprint density at radius 1 is 0.640 bits per heavy atom. The van der Waals surface area contributed by atoms with Crippen molar-refractivity contribution >= 4 is 0 Å². The first-order valence-electron chi connectivity index (χ1n) is 8.33. The molecule has 0 saturated heterocycles. The molecule has 0 aliphatic rings. The van der Waals surface area contributed by atoms with Gasteiger partial charge in [0.15, 0.2) is 0 Å². The van der Waals surface area contributed by atoms with Gasteiger partial charge in [-0.15, -0.1) is 0 Å². The van der Waals surface area contributed by atoms with E-state index in [1.165, 1.54) is 16.7 Å². The molecule has 0 fully saturated rings. The minimum atomic E-state index is 0.861.